The molecule has 0 fully saturated rings. The largest absolute Gasteiger partial charge is 0.395 e. The van der Waals surface area contributed by atoms with Gasteiger partial charge < -0.3 is 16.2 Å². The van der Waals surface area contributed by atoms with Gasteiger partial charge in [-0.25, -0.2) is 0 Å². The van der Waals surface area contributed by atoms with E-state index in [9.17, 15) is 4.79 Å². The second-order valence-corrected chi connectivity index (χ2v) is 3.12. The van der Waals surface area contributed by atoms with Crippen molar-refractivity contribution < 1.29 is 9.90 Å². The molecule has 0 aliphatic carbocycles. The topological polar surface area (TPSA) is 75.4 Å². The Kier molecular flexibility index (Phi) is 3.73. The van der Waals surface area contributed by atoms with E-state index in [1.165, 1.54) is 0 Å². The smallest absolute Gasteiger partial charge is 0.250 e. The Morgan fingerprint density at radius 3 is 2.86 bits per heavy atom. The van der Waals surface area contributed by atoms with Gasteiger partial charge in [-0.3, -0.25) is 4.79 Å². The van der Waals surface area contributed by atoms with Crippen molar-refractivity contribution >= 4 is 23.2 Å². The molecule has 0 bridgehead atoms. The molecule has 0 aliphatic rings. The number of nitrogens with one attached hydrogen (secondary N) is 1. The molecule has 0 atom stereocenters. The Hall–Kier alpha value is -1.26. The maximum atomic E-state index is 10.9. The Labute approximate surface area is 86.7 Å². The van der Waals surface area contributed by atoms with E-state index in [1.54, 1.807) is 18.2 Å². The van der Waals surface area contributed by atoms with Gasteiger partial charge in [0.1, 0.15) is 0 Å². The number of aliphatic hydroxyl groups excluding tert-OH is 1. The highest BCUT2D eigenvalue weighted by Crippen LogP contribution is 2.19. The van der Waals surface area contributed by atoms with Gasteiger partial charge in [0, 0.05) is 12.2 Å². The van der Waals surface area contributed by atoms with Crippen LogP contribution in [0.5, 0.6) is 0 Å². The molecule has 0 radical (unpaired) electrons. The third kappa shape index (κ3) is 2.61. The van der Waals surface area contributed by atoms with E-state index >= 15 is 0 Å². The lowest BCUT2D eigenvalue weighted by Crippen LogP contribution is -2.12. The fourth-order valence-corrected chi connectivity index (χ4v) is 1.23. The average molecular weight is 215 g/mol. The van der Waals surface area contributed by atoms with Crippen LogP contribution in [0.2, 0.25) is 5.02 Å². The van der Waals surface area contributed by atoms with Crippen molar-refractivity contribution in [3.05, 3.63) is 28.8 Å². The second-order valence-electron chi connectivity index (χ2n) is 2.71. The minimum Gasteiger partial charge on any atom is -0.395 e. The maximum Gasteiger partial charge on any atom is 0.250 e. The number of halogens is 1. The van der Waals surface area contributed by atoms with Crippen molar-refractivity contribution in [1.29, 1.82) is 0 Å². The number of hydrogen-bond acceptors (Lipinski definition) is 3. The summed E-state index contributed by atoms with van der Waals surface area (Å²) in [6.07, 6.45) is 0. The zero-order valence-corrected chi connectivity index (χ0v) is 8.21. The standard InChI is InChI=1S/C9H11ClN2O2/c10-8-2-1-6(12-3-4-13)5-7(8)9(11)14/h1-2,5,12-13H,3-4H2,(H2,11,14). The van der Waals surface area contributed by atoms with Gasteiger partial charge >= 0.3 is 0 Å². The summed E-state index contributed by atoms with van der Waals surface area (Å²) in [6, 6.07) is 4.85. The number of hydrogen-bond donors (Lipinski definition) is 3. The van der Waals surface area contributed by atoms with Crippen LogP contribution in [0, 0.1) is 0 Å². The third-order valence-electron chi connectivity index (χ3n) is 1.67. The molecule has 0 aromatic heterocycles. The van der Waals surface area contributed by atoms with Crippen molar-refractivity contribution in [3.8, 4) is 0 Å². The van der Waals surface area contributed by atoms with Gasteiger partial charge in [-0.1, -0.05) is 11.6 Å². The van der Waals surface area contributed by atoms with E-state index in [4.69, 9.17) is 22.4 Å². The summed E-state index contributed by atoms with van der Waals surface area (Å²) in [5, 5.41) is 11.8. The minimum atomic E-state index is -0.567. The van der Waals surface area contributed by atoms with Gasteiger partial charge in [0.25, 0.3) is 0 Å². The Bertz CT molecular complexity index is 342. The molecule has 5 heteroatoms. The van der Waals surface area contributed by atoms with Crippen LogP contribution in [0.4, 0.5) is 5.69 Å². The second kappa shape index (κ2) is 4.83. The highest BCUT2D eigenvalue weighted by molar-refractivity contribution is 6.33. The Balaban J connectivity index is 2.89. The summed E-state index contributed by atoms with van der Waals surface area (Å²) in [7, 11) is 0. The average Bonchev–Trinajstić information content (AvgIpc) is 2.16. The van der Waals surface area contributed by atoms with Gasteiger partial charge in [-0.05, 0) is 18.2 Å². The molecular weight excluding hydrogens is 204 g/mol. The van der Waals surface area contributed by atoms with Crippen LogP contribution < -0.4 is 11.1 Å². The molecule has 4 N–H and O–H groups in total. The number of carbonyl (C=O) groups excluding carboxylic acids is 1. The molecule has 1 aromatic carbocycles. The number of amides is 1. The number of aliphatic hydroxyl groups is 1. The number of carbonyl (C=O) groups is 1. The molecule has 14 heavy (non-hydrogen) atoms. The van der Waals surface area contributed by atoms with Crippen molar-refractivity contribution in [2.24, 2.45) is 5.73 Å². The zero-order chi connectivity index (χ0) is 10.6. The number of benzene rings is 1. The van der Waals surface area contributed by atoms with Crippen LogP contribution in [0.1, 0.15) is 10.4 Å². The van der Waals surface area contributed by atoms with Gasteiger partial charge in [-0.15, -0.1) is 0 Å². The predicted molar refractivity (Wildman–Crippen MR) is 55.5 cm³/mol. The zero-order valence-electron chi connectivity index (χ0n) is 7.46. The molecule has 0 spiro atoms. The first-order chi connectivity index (χ1) is 6.65. The lowest BCUT2D eigenvalue weighted by atomic mass is 10.2. The summed E-state index contributed by atoms with van der Waals surface area (Å²) >= 11 is 5.75. The fourth-order valence-electron chi connectivity index (χ4n) is 1.02. The van der Waals surface area contributed by atoms with E-state index in [-0.39, 0.29) is 12.2 Å². The summed E-state index contributed by atoms with van der Waals surface area (Å²) in [6.45, 7) is 0.439. The molecule has 0 aliphatic heterocycles. The van der Waals surface area contributed by atoms with Crippen molar-refractivity contribution in [2.45, 2.75) is 0 Å². The third-order valence-corrected chi connectivity index (χ3v) is 2.00. The van der Waals surface area contributed by atoms with Crippen molar-refractivity contribution in [3.63, 3.8) is 0 Å². The number of nitrogens with two attached hydrogens (primary N) is 1. The van der Waals surface area contributed by atoms with E-state index in [0.29, 0.717) is 17.3 Å². The van der Waals surface area contributed by atoms with E-state index < -0.39 is 5.91 Å². The summed E-state index contributed by atoms with van der Waals surface area (Å²) in [4.78, 5) is 10.9. The van der Waals surface area contributed by atoms with E-state index in [2.05, 4.69) is 5.32 Å². The van der Waals surface area contributed by atoms with Crippen molar-refractivity contribution in [1.82, 2.24) is 0 Å². The maximum absolute atomic E-state index is 10.9. The first-order valence-corrected chi connectivity index (χ1v) is 4.47. The van der Waals surface area contributed by atoms with Gasteiger partial charge in [0.05, 0.1) is 17.2 Å². The quantitative estimate of drug-likeness (QED) is 0.696. The predicted octanol–water partition coefficient (Wildman–Crippen LogP) is 0.843. The highest BCUT2D eigenvalue weighted by atomic mass is 35.5. The molecule has 1 amide bonds. The van der Waals surface area contributed by atoms with Crippen LogP contribution in [0.25, 0.3) is 0 Å². The molecular formula is C9H11ClN2O2. The fraction of sp³-hybridized carbons (Fsp3) is 0.222. The summed E-state index contributed by atoms with van der Waals surface area (Å²) < 4.78 is 0. The number of anilines is 1. The lowest BCUT2D eigenvalue weighted by molar-refractivity contribution is 0.100. The van der Waals surface area contributed by atoms with Crippen LogP contribution in [0.3, 0.4) is 0 Å². The minimum absolute atomic E-state index is 0.0224. The molecule has 0 unspecified atom stereocenters. The molecule has 0 saturated carbocycles. The number of primary amides is 1. The van der Waals surface area contributed by atoms with Crippen molar-refractivity contribution in [2.75, 3.05) is 18.5 Å². The molecule has 1 rings (SSSR count). The Morgan fingerprint density at radius 1 is 1.57 bits per heavy atom. The summed E-state index contributed by atoms with van der Waals surface area (Å²) in [5.74, 6) is -0.567. The monoisotopic (exact) mass is 214 g/mol. The van der Waals surface area contributed by atoms with Crippen LogP contribution in [0.15, 0.2) is 18.2 Å². The lowest BCUT2D eigenvalue weighted by Gasteiger charge is -2.06. The first kappa shape index (κ1) is 10.8. The van der Waals surface area contributed by atoms with Gasteiger partial charge in [0.2, 0.25) is 5.91 Å². The normalized spacial score (nSPS) is 9.86. The van der Waals surface area contributed by atoms with Gasteiger partial charge in [-0.2, -0.15) is 0 Å². The van der Waals surface area contributed by atoms with Crippen LogP contribution in [-0.4, -0.2) is 24.2 Å². The van der Waals surface area contributed by atoms with E-state index in [1.807, 2.05) is 0 Å². The molecule has 1 aromatic rings. The SMILES string of the molecule is NC(=O)c1cc(NCCO)ccc1Cl. The Morgan fingerprint density at radius 2 is 2.29 bits per heavy atom. The molecule has 76 valence electrons. The van der Waals surface area contributed by atoms with Crippen LogP contribution >= 0.6 is 11.6 Å². The molecule has 0 saturated heterocycles. The number of rotatable bonds is 4. The molecule has 0 heterocycles. The first-order valence-electron chi connectivity index (χ1n) is 4.09. The highest BCUT2D eigenvalue weighted by Gasteiger charge is 2.06. The van der Waals surface area contributed by atoms with Crippen LogP contribution in [-0.2, 0) is 0 Å². The molecule has 4 nitrogen and oxygen atoms in total. The summed E-state index contributed by atoms with van der Waals surface area (Å²) in [5.41, 5.74) is 6.09. The van der Waals surface area contributed by atoms with Gasteiger partial charge in [0.15, 0.2) is 0 Å². The van der Waals surface area contributed by atoms with E-state index in [0.717, 1.165) is 0 Å².